The lowest BCUT2D eigenvalue weighted by atomic mass is 10.3. The molecule has 1 N–H and O–H groups in total. The van der Waals surface area contributed by atoms with Crippen molar-refractivity contribution in [3.63, 3.8) is 0 Å². The highest BCUT2D eigenvalue weighted by Crippen LogP contribution is 2.19. The molecule has 0 fully saturated rings. The molecule has 0 saturated heterocycles. The summed E-state index contributed by atoms with van der Waals surface area (Å²) in [5.74, 6) is 5.79. The van der Waals surface area contributed by atoms with Crippen LogP contribution in [0.15, 0.2) is 22.3 Å². The Balaban J connectivity index is 2.58. The van der Waals surface area contributed by atoms with Crippen LogP contribution in [0.1, 0.15) is 6.92 Å². The lowest BCUT2D eigenvalue weighted by Crippen LogP contribution is -2.02. The minimum atomic E-state index is -0.426. The molecule has 0 radical (unpaired) electrons. The molecule has 1 aromatic rings. The summed E-state index contributed by atoms with van der Waals surface area (Å²) in [6, 6.07) is 0. The molecule has 19 heavy (non-hydrogen) atoms. The lowest BCUT2D eigenvalue weighted by Gasteiger charge is -2.03. The van der Waals surface area contributed by atoms with Gasteiger partial charge in [-0.2, -0.15) is 4.98 Å². The summed E-state index contributed by atoms with van der Waals surface area (Å²) >= 11 is 8.96. The van der Waals surface area contributed by atoms with Crippen molar-refractivity contribution in [2.45, 2.75) is 6.92 Å². The maximum absolute atomic E-state index is 10.9. The van der Waals surface area contributed by atoms with Crippen LogP contribution in [0.3, 0.4) is 0 Å². The first-order valence-corrected chi connectivity index (χ1v) is 6.37. The number of methoxy groups -OCH3 is 1. The fraction of sp³-hybridized carbons (Fsp3) is 0.250. The fourth-order valence-corrected chi connectivity index (χ4v) is 1.52. The first-order chi connectivity index (χ1) is 9.02. The number of esters is 1. The predicted molar refractivity (Wildman–Crippen MR) is 76.8 cm³/mol. The number of halogens is 2. The number of carbonyl (C=O) groups is 1. The van der Waals surface area contributed by atoms with E-state index in [0.717, 1.165) is 0 Å². The molecule has 0 aliphatic rings. The molecule has 1 heterocycles. The summed E-state index contributed by atoms with van der Waals surface area (Å²) < 4.78 is 5.18. The Hall–Kier alpha value is -1.58. The molecule has 1 aromatic heterocycles. The molecule has 0 aromatic carbocycles. The third-order valence-electron chi connectivity index (χ3n) is 1.88. The number of nitrogens with zero attached hydrogens (tertiary/aromatic N) is 2. The summed E-state index contributed by atoms with van der Waals surface area (Å²) in [6.45, 7) is 2.08. The van der Waals surface area contributed by atoms with Crippen LogP contribution in [-0.2, 0) is 9.53 Å². The Morgan fingerprint density at radius 3 is 3.11 bits per heavy atom. The molecular weight excluding hydrogens is 334 g/mol. The molecule has 0 saturated carbocycles. The van der Waals surface area contributed by atoms with E-state index in [0.29, 0.717) is 22.4 Å². The number of hydrogen-bond donors (Lipinski definition) is 1. The van der Waals surface area contributed by atoms with Crippen molar-refractivity contribution in [3.8, 4) is 11.8 Å². The topological polar surface area (TPSA) is 64.1 Å². The average molecular weight is 345 g/mol. The molecule has 0 unspecified atom stereocenters. The van der Waals surface area contributed by atoms with Crippen molar-refractivity contribution < 1.29 is 9.53 Å². The van der Waals surface area contributed by atoms with Gasteiger partial charge in [-0.05, 0) is 34.5 Å². The molecular formula is C12H11BrClN3O2. The summed E-state index contributed by atoms with van der Waals surface area (Å²) in [5, 5.41) is 3.13. The van der Waals surface area contributed by atoms with Gasteiger partial charge in [-0.1, -0.05) is 11.8 Å². The van der Waals surface area contributed by atoms with Crippen LogP contribution >= 0.6 is 27.5 Å². The quantitative estimate of drug-likeness (QED) is 0.395. The maximum atomic E-state index is 10.9. The second-order valence-corrected chi connectivity index (χ2v) is 4.53. The van der Waals surface area contributed by atoms with Gasteiger partial charge >= 0.3 is 5.97 Å². The molecule has 0 aliphatic heterocycles. The highest BCUT2D eigenvalue weighted by Gasteiger charge is 2.01. The van der Waals surface area contributed by atoms with Gasteiger partial charge in [-0.3, -0.25) is 0 Å². The smallest absolute Gasteiger partial charge is 0.331 e. The molecule has 7 heteroatoms. The SMILES string of the molecule is COC(=O)/C=C(\C)C#CCNc1nc(Cl)ncc1Br. The van der Waals surface area contributed by atoms with E-state index in [-0.39, 0.29) is 5.28 Å². The highest BCUT2D eigenvalue weighted by atomic mass is 79.9. The van der Waals surface area contributed by atoms with Crippen molar-refractivity contribution in [3.05, 3.63) is 27.6 Å². The Bertz CT molecular complexity index is 564. The predicted octanol–water partition coefficient (Wildman–Crippen LogP) is 2.43. The molecule has 1 rings (SSSR count). The molecule has 0 aliphatic carbocycles. The van der Waals surface area contributed by atoms with Gasteiger partial charge in [0.05, 0.1) is 18.1 Å². The number of allylic oxidation sites excluding steroid dienone is 1. The van der Waals surface area contributed by atoms with E-state index in [4.69, 9.17) is 11.6 Å². The first kappa shape index (κ1) is 15.5. The second-order valence-electron chi connectivity index (χ2n) is 3.34. The fourth-order valence-electron chi connectivity index (χ4n) is 1.05. The number of nitrogens with one attached hydrogen (secondary N) is 1. The van der Waals surface area contributed by atoms with Gasteiger partial charge in [-0.25, -0.2) is 9.78 Å². The monoisotopic (exact) mass is 343 g/mol. The minimum Gasteiger partial charge on any atom is -0.466 e. The highest BCUT2D eigenvalue weighted by molar-refractivity contribution is 9.10. The van der Waals surface area contributed by atoms with Gasteiger partial charge in [0, 0.05) is 17.8 Å². The van der Waals surface area contributed by atoms with Crippen LogP contribution in [-0.4, -0.2) is 29.6 Å². The first-order valence-electron chi connectivity index (χ1n) is 5.20. The zero-order valence-electron chi connectivity index (χ0n) is 10.3. The number of rotatable bonds is 3. The normalized spacial score (nSPS) is 10.4. The van der Waals surface area contributed by atoms with Crippen molar-refractivity contribution >= 4 is 39.3 Å². The molecule has 100 valence electrons. The van der Waals surface area contributed by atoms with Gasteiger partial charge in [0.2, 0.25) is 5.28 Å². The van der Waals surface area contributed by atoms with E-state index in [1.54, 1.807) is 13.1 Å². The van der Waals surface area contributed by atoms with Gasteiger partial charge in [-0.15, -0.1) is 0 Å². The molecule has 0 bridgehead atoms. The number of aromatic nitrogens is 2. The second kappa shape index (κ2) is 7.77. The van der Waals surface area contributed by atoms with Crippen LogP contribution in [0.25, 0.3) is 0 Å². The minimum absolute atomic E-state index is 0.153. The van der Waals surface area contributed by atoms with Gasteiger partial charge in [0.15, 0.2) is 0 Å². The largest absolute Gasteiger partial charge is 0.466 e. The van der Waals surface area contributed by atoms with Gasteiger partial charge in [0.1, 0.15) is 5.82 Å². The third-order valence-corrected chi connectivity index (χ3v) is 2.64. The lowest BCUT2D eigenvalue weighted by molar-refractivity contribution is -0.134. The number of carbonyl (C=O) groups excluding carboxylic acids is 1. The van der Waals surface area contributed by atoms with E-state index >= 15 is 0 Å². The van der Waals surface area contributed by atoms with Crippen molar-refractivity contribution in [1.82, 2.24) is 9.97 Å². The Morgan fingerprint density at radius 2 is 2.42 bits per heavy atom. The van der Waals surface area contributed by atoms with Gasteiger partial charge < -0.3 is 10.1 Å². The average Bonchev–Trinajstić information content (AvgIpc) is 2.38. The van der Waals surface area contributed by atoms with Crippen molar-refractivity contribution in [2.75, 3.05) is 19.0 Å². The van der Waals surface area contributed by atoms with E-state index < -0.39 is 5.97 Å². The summed E-state index contributed by atoms with van der Waals surface area (Å²) in [4.78, 5) is 18.7. The molecule has 5 nitrogen and oxygen atoms in total. The summed E-state index contributed by atoms with van der Waals surface area (Å²) in [7, 11) is 1.32. The number of ether oxygens (including phenoxy) is 1. The maximum Gasteiger partial charge on any atom is 0.331 e. The molecule has 0 amide bonds. The van der Waals surface area contributed by atoms with Gasteiger partial charge in [0.25, 0.3) is 0 Å². The summed E-state index contributed by atoms with van der Waals surface area (Å²) in [6.07, 6.45) is 2.87. The van der Waals surface area contributed by atoms with Crippen molar-refractivity contribution in [1.29, 1.82) is 0 Å². The van der Waals surface area contributed by atoms with Crippen LogP contribution in [0.2, 0.25) is 5.28 Å². The number of hydrogen-bond acceptors (Lipinski definition) is 5. The van der Waals surface area contributed by atoms with E-state index in [9.17, 15) is 4.79 Å². The summed E-state index contributed by atoms with van der Waals surface area (Å²) in [5.41, 5.74) is 0.619. The molecule has 0 spiro atoms. The number of anilines is 1. The third kappa shape index (κ3) is 5.73. The zero-order valence-corrected chi connectivity index (χ0v) is 12.7. The van der Waals surface area contributed by atoms with E-state index in [1.165, 1.54) is 13.2 Å². The standard InChI is InChI=1S/C12H11BrClN3O2/c1-8(6-10(18)19-2)4-3-5-15-11-9(13)7-16-12(14)17-11/h6-7H,5H2,1-2H3,(H,15,16,17)/b8-6+. The zero-order chi connectivity index (χ0) is 14.3. The van der Waals surface area contributed by atoms with E-state index in [2.05, 4.69) is 47.8 Å². The van der Waals surface area contributed by atoms with Crippen molar-refractivity contribution in [2.24, 2.45) is 0 Å². The van der Waals surface area contributed by atoms with E-state index in [1.807, 2.05) is 0 Å². The van der Waals surface area contributed by atoms with Crippen LogP contribution in [0.4, 0.5) is 5.82 Å². The Kier molecular flexibility index (Phi) is 6.33. The van der Waals surface area contributed by atoms with Crippen LogP contribution in [0.5, 0.6) is 0 Å². The van der Waals surface area contributed by atoms with Crippen LogP contribution < -0.4 is 5.32 Å². The Labute approximate surface area is 124 Å². The van der Waals surface area contributed by atoms with Crippen LogP contribution in [0, 0.1) is 11.8 Å². The molecule has 0 atom stereocenters. The Morgan fingerprint density at radius 1 is 1.68 bits per heavy atom.